The van der Waals surface area contributed by atoms with Crippen LogP contribution in [-0.2, 0) is 6.54 Å². The van der Waals surface area contributed by atoms with E-state index < -0.39 is 0 Å². The van der Waals surface area contributed by atoms with Crippen molar-refractivity contribution in [2.45, 2.75) is 20.4 Å². The second-order valence-corrected chi connectivity index (χ2v) is 7.47. The number of ether oxygens (including phenoxy) is 2. The fourth-order valence-corrected chi connectivity index (χ4v) is 3.36. The maximum atomic E-state index is 5.44. The molecule has 3 rings (SSSR count). The van der Waals surface area contributed by atoms with Crippen molar-refractivity contribution in [2.75, 3.05) is 59.7 Å². The van der Waals surface area contributed by atoms with Gasteiger partial charge in [-0.25, -0.2) is 4.99 Å². The Kier molecular flexibility index (Phi) is 9.60. The zero-order valence-electron chi connectivity index (χ0n) is 17.2. The third kappa shape index (κ3) is 6.97. The van der Waals surface area contributed by atoms with Crippen LogP contribution in [0.4, 0.5) is 0 Å². The zero-order chi connectivity index (χ0) is 19.1. The van der Waals surface area contributed by atoms with E-state index in [9.17, 15) is 0 Å². The van der Waals surface area contributed by atoms with E-state index in [0.29, 0.717) is 19.3 Å². The molecule has 0 radical (unpaired) electrons. The predicted molar refractivity (Wildman–Crippen MR) is 124 cm³/mol. The summed E-state index contributed by atoms with van der Waals surface area (Å²) < 4.78 is 10.8. The lowest BCUT2D eigenvalue weighted by Crippen LogP contribution is -2.47. The Morgan fingerprint density at radius 3 is 2.64 bits per heavy atom. The highest BCUT2D eigenvalue weighted by Gasteiger charge is 2.16. The van der Waals surface area contributed by atoms with E-state index in [4.69, 9.17) is 14.5 Å². The lowest BCUT2D eigenvalue weighted by atomic mass is 10.1. The first-order valence-corrected chi connectivity index (χ1v) is 9.95. The number of nitrogens with one attached hydrogen (secondary N) is 2. The molecule has 2 aliphatic heterocycles. The average molecular weight is 503 g/mol. The first-order valence-electron chi connectivity index (χ1n) is 9.95. The Balaban J connectivity index is 0.00000280. The first-order chi connectivity index (χ1) is 13.1. The molecule has 1 atom stereocenters. The van der Waals surface area contributed by atoms with Gasteiger partial charge >= 0.3 is 0 Å². The van der Waals surface area contributed by atoms with Gasteiger partial charge < -0.3 is 29.9 Å². The van der Waals surface area contributed by atoms with Gasteiger partial charge in [-0.2, -0.15) is 0 Å². The second-order valence-electron chi connectivity index (χ2n) is 7.47. The normalized spacial score (nSPS) is 18.5. The molecule has 1 aromatic rings. The molecular weight excluding hydrogens is 469 g/mol. The van der Waals surface area contributed by atoms with Gasteiger partial charge in [-0.15, -0.1) is 24.0 Å². The van der Waals surface area contributed by atoms with E-state index in [2.05, 4.69) is 41.3 Å². The van der Waals surface area contributed by atoms with Crippen LogP contribution in [-0.4, -0.2) is 75.4 Å². The number of fused-ring (bicyclic) bond motifs is 1. The molecule has 8 heteroatoms. The van der Waals surface area contributed by atoms with Gasteiger partial charge in [-0.05, 0) is 37.6 Å². The van der Waals surface area contributed by atoms with Crippen molar-refractivity contribution in [1.82, 2.24) is 20.4 Å². The summed E-state index contributed by atoms with van der Waals surface area (Å²) in [5.41, 5.74) is 1.11. The molecule has 28 heavy (non-hydrogen) atoms. The molecule has 1 unspecified atom stereocenters. The quantitative estimate of drug-likeness (QED) is 0.337. The summed E-state index contributed by atoms with van der Waals surface area (Å²) >= 11 is 0. The van der Waals surface area contributed by atoms with Crippen LogP contribution in [0.25, 0.3) is 0 Å². The summed E-state index contributed by atoms with van der Waals surface area (Å²) in [7, 11) is 2.20. The van der Waals surface area contributed by atoms with Crippen LogP contribution in [0.3, 0.4) is 0 Å². The van der Waals surface area contributed by atoms with Crippen LogP contribution in [0, 0.1) is 5.92 Å². The molecule has 2 N–H and O–H groups in total. The van der Waals surface area contributed by atoms with Crippen molar-refractivity contribution in [3.05, 3.63) is 23.8 Å². The maximum absolute atomic E-state index is 5.44. The number of benzene rings is 1. The number of hydrogen-bond donors (Lipinski definition) is 2. The average Bonchev–Trinajstić information content (AvgIpc) is 3.13. The van der Waals surface area contributed by atoms with Crippen molar-refractivity contribution in [2.24, 2.45) is 10.9 Å². The van der Waals surface area contributed by atoms with Crippen molar-refractivity contribution in [3.63, 3.8) is 0 Å². The standard InChI is InChI=1S/C20H33N5O2.HI/c1-4-21-20(22-12-16(2)14-25-9-7-24(3)8-10-25)23-13-17-5-6-18-19(11-17)27-15-26-18;/h5-6,11,16H,4,7-10,12-15H2,1-3H3,(H2,21,22,23);1H. The molecule has 1 aromatic carbocycles. The topological polar surface area (TPSA) is 61.4 Å². The monoisotopic (exact) mass is 503 g/mol. The Labute approximate surface area is 185 Å². The summed E-state index contributed by atoms with van der Waals surface area (Å²) in [6.07, 6.45) is 0. The highest BCUT2D eigenvalue weighted by Crippen LogP contribution is 2.32. The highest BCUT2D eigenvalue weighted by atomic mass is 127. The van der Waals surface area contributed by atoms with Crippen LogP contribution < -0.4 is 20.1 Å². The lowest BCUT2D eigenvalue weighted by Gasteiger charge is -2.34. The molecule has 0 saturated carbocycles. The minimum Gasteiger partial charge on any atom is -0.454 e. The largest absolute Gasteiger partial charge is 0.454 e. The zero-order valence-corrected chi connectivity index (χ0v) is 19.6. The van der Waals surface area contributed by atoms with E-state index in [1.807, 2.05) is 18.2 Å². The van der Waals surface area contributed by atoms with Crippen LogP contribution in [0.15, 0.2) is 23.2 Å². The predicted octanol–water partition coefficient (Wildman–Crippen LogP) is 1.97. The number of halogens is 1. The number of nitrogens with zero attached hydrogens (tertiary/aromatic N) is 3. The van der Waals surface area contributed by atoms with Crippen LogP contribution in [0.2, 0.25) is 0 Å². The van der Waals surface area contributed by atoms with Crippen molar-refractivity contribution in [1.29, 1.82) is 0 Å². The van der Waals surface area contributed by atoms with E-state index >= 15 is 0 Å². The first kappa shape index (κ1) is 23.0. The summed E-state index contributed by atoms with van der Waals surface area (Å²) in [5, 5.41) is 6.82. The van der Waals surface area contributed by atoms with Crippen LogP contribution in [0.5, 0.6) is 11.5 Å². The van der Waals surface area contributed by atoms with Gasteiger partial charge in [0.05, 0.1) is 6.54 Å². The lowest BCUT2D eigenvalue weighted by molar-refractivity contribution is 0.139. The Hall–Kier alpha value is -1.26. The molecule has 0 spiro atoms. The molecule has 1 saturated heterocycles. The van der Waals surface area contributed by atoms with E-state index in [0.717, 1.165) is 42.7 Å². The van der Waals surface area contributed by atoms with Crippen molar-refractivity contribution in [3.8, 4) is 11.5 Å². The van der Waals surface area contributed by atoms with Crippen molar-refractivity contribution >= 4 is 29.9 Å². The van der Waals surface area contributed by atoms with Crippen molar-refractivity contribution < 1.29 is 9.47 Å². The molecule has 2 heterocycles. The maximum Gasteiger partial charge on any atom is 0.231 e. The van der Waals surface area contributed by atoms with E-state index in [1.54, 1.807) is 0 Å². The van der Waals surface area contributed by atoms with Gasteiger partial charge in [0.25, 0.3) is 0 Å². The number of guanidine groups is 1. The number of hydrogen-bond acceptors (Lipinski definition) is 5. The molecule has 0 aromatic heterocycles. The van der Waals surface area contributed by atoms with Gasteiger partial charge in [0, 0.05) is 45.8 Å². The summed E-state index contributed by atoms with van der Waals surface area (Å²) in [5.74, 6) is 3.05. The Morgan fingerprint density at radius 1 is 1.14 bits per heavy atom. The Bertz CT molecular complexity index is 635. The molecule has 0 amide bonds. The molecule has 2 aliphatic rings. The molecule has 7 nitrogen and oxygen atoms in total. The smallest absolute Gasteiger partial charge is 0.231 e. The number of rotatable bonds is 7. The minimum absolute atomic E-state index is 0. The van der Waals surface area contributed by atoms with Crippen LogP contribution in [0.1, 0.15) is 19.4 Å². The molecule has 158 valence electrons. The molecule has 1 fully saturated rings. The Morgan fingerprint density at radius 2 is 1.89 bits per heavy atom. The number of likely N-dealkylation sites (N-methyl/N-ethyl adjacent to an activating group) is 1. The molecule has 0 bridgehead atoms. The van der Waals surface area contributed by atoms with Gasteiger partial charge in [0.1, 0.15) is 0 Å². The van der Waals surface area contributed by atoms with Gasteiger partial charge in [-0.3, -0.25) is 0 Å². The third-order valence-corrected chi connectivity index (χ3v) is 4.98. The van der Waals surface area contributed by atoms with Crippen LogP contribution >= 0.6 is 24.0 Å². The third-order valence-electron chi connectivity index (χ3n) is 4.98. The van der Waals surface area contributed by atoms with Gasteiger partial charge in [-0.1, -0.05) is 13.0 Å². The minimum atomic E-state index is 0. The molecule has 0 aliphatic carbocycles. The fraction of sp³-hybridized carbons (Fsp3) is 0.650. The summed E-state index contributed by atoms with van der Waals surface area (Å²) in [6, 6.07) is 5.99. The fourth-order valence-electron chi connectivity index (χ4n) is 3.36. The highest BCUT2D eigenvalue weighted by molar-refractivity contribution is 14.0. The number of piperazine rings is 1. The second kappa shape index (κ2) is 11.7. The summed E-state index contributed by atoms with van der Waals surface area (Å²) in [6.45, 7) is 12.9. The molecular formula is C20H34IN5O2. The summed E-state index contributed by atoms with van der Waals surface area (Å²) in [4.78, 5) is 9.67. The number of aliphatic imine (C=N–C) groups is 1. The van der Waals surface area contributed by atoms with Gasteiger partial charge in [0.15, 0.2) is 17.5 Å². The van der Waals surface area contributed by atoms with E-state index in [1.165, 1.54) is 26.2 Å². The SMILES string of the molecule is CCNC(=NCc1ccc2c(c1)OCO2)NCC(C)CN1CCN(C)CC1.I. The van der Waals surface area contributed by atoms with E-state index in [-0.39, 0.29) is 24.0 Å². The van der Waals surface area contributed by atoms with Gasteiger partial charge in [0.2, 0.25) is 6.79 Å².